The molecule has 0 aliphatic carbocycles. The van der Waals surface area contributed by atoms with Crippen LogP contribution in [0.1, 0.15) is 33.2 Å². The summed E-state index contributed by atoms with van der Waals surface area (Å²) in [5.41, 5.74) is 2.80. The van der Waals surface area contributed by atoms with Crippen molar-refractivity contribution in [3.05, 3.63) is 114 Å². The van der Waals surface area contributed by atoms with Gasteiger partial charge in [-0.05, 0) is 31.1 Å². The smallest absolute Gasteiger partial charge is 0.199 e. The Morgan fingerprint density at radius 3 is 1.55 bits per heavy atom. The lowest BCUT2D eigenvalue weighted by molar-refractivity contribution is 0.104. The van der Waals surface area contributed by atoms with E-state index >= 15 is 0 Å². The summed E-state index contributed by atoms with van der Waals surface area (Å²) in [6.07, 6.45) is 5.63. The van der Waals surface area contributed by atoms with E-state index in [0.717, 1.165) is 5.56 Å². The monoisotopic (exact) mass is 432 g/mol. The molecule has 160 valence electrons. The summed E-state index contributed by atoms with van der Waals surface area (Å²) in [5, 5.41) is 7.57. The average molecular weight is 433 g/mol. The third-order valence-corrected chi connectivity index (χ3v) is 5.54. The molecule has 3 aromatic carbocycles. The number of carbonyl (C=O) groups excluding carboxylic acids is 2. The molecule has 0 aliphatic rings. The Morgan fingerprint density at radius 1 is 0.742 bits per heavy atom. The SMILES string of the molecule is CCO.CS(C)=C(C(=O)c1ccccc1)/C(=C/C(=O)c1ccccc1)c1ccccc1. The summed E-state index contributed by atoms with van der Waals surface area (Å²) in [5.74, 6) is -0.145. The van der Waals surface area contributed by atoms with E-state index in [0.29, 0.717) is 21.6 Å². The van der Waals surface area contributed by atoms with Crippen LogP contribution in [0.5, 0.6) is 0 Å². The van der Waals surface area contributed by atoms with E-state index in [1.165, 1.54) is 0 Å². The van der Waals surface area contributed by atoms with E-state index in [4.69, 9.17) is 5.11 Å². The molecule has 0 radical (unpaired) electrons. The predicted molar refractivity (Wildman–Crippen MR) is 133 cm³/mol. The molecule has 0 atom stereocenters. The second-order valence-corrected chi connectivity index (χ2v) is 8.85. The Balaban J connectivity index is 0.00000107. The van der Waals surface area contributed by atoms with Gasteiger partial charge in [0.2, 0.25) is 0 Å². The maximum atomic E-state index is 13.3. The molecule has 0 aromatic heterocycles. The highest BCUT2D eigenvalue weighted by molar-refractivity contribution is 8.16. The summed E-state index contributed by atoms with van der Waals surface area (Å²) in [6, 6.07) is 28.0. The molecule has 0 aliphatic heterocycles. The van der Waals surface area contributed by atoms with E-state index in [9.17, 15) is 9.59 Å². The summed E-state index contributed by atoms with van der Waals surface area (Å²) >= 11 is 0. The Kier molecular flexibility index (Phi) is 9.82. The second-order valence-electron chi connectivity index (χ2n) is 6.81. The standard InChI is InChI=1S/C25H22O2S.C2H6O/c1-28(2)25(24(27)21-16-10-5-11-17-21)22(19-12-6-3-7-13-19)18-23(26)20-14-8-4-9-15-20;1-2-3/h3-18H,1-2H3;3H,2H2,1H3/b22-18+;. The average Bonchev–Trinajstić information content (AvgIpc) is 2.80. The highest BCUT2D eigenvalue weighted by atomic mass is 32.2. The zero-order valence-electron chi connectivity index (χ0n) is 18.1. The van der Waals surface area contributed by atoms with Crippen LogP contribution in [-0.4, -0.2) is 40.7 Å². The maximum Gasteiger partial charge on any atom is 0.199 e. The van der Waals surface area contributed by atoms with E-state index in [1.54, 1.807) is 25.1 Å². The number of hydrogen-bond acceptors (Lipinski definition) is 3. The summed E-state index contributed by atoms with van der Waals surface area (Å²) in [4.78, 5) is 26.9. The zero-order valence-corrected chi connectivity index (χ0v) is 18.9. The molecule has 31 heavy (non-hydrogen) atoms. The van der Waals surface area contributed by atoms with Crippen LogP contribution < -0.4 is 0 Å². The molecule has 3 aromatic rings. The van der Waals surface area contributed by atoms with Crippen molar-refractivity contribution in [3.63, 3.8) is 0 Å². The molecule has 0 saturated carbocycles. The topological polar surface area (TPSA) is 54.4 Å². The van der Waals surface area contributed by atoms with Gasteiger partial charge < -0.3 is 5.11 Å². The first kappa shape index (κ1) is 24.2. The van der Waals surface area contributed by atoms with Crippen molar-refractivity contribution in [2.75, 3.05) is 19.1 Å². The second kappa shape index (κ2) is 12.6. The Bertz CT molecular complexity index is 1050. The van der Waals surface area contributed by atoms with Crippen LogP contribution in [0.25, 0.3) is 5.57 Å². The summed E-state index contributed by atoms with van der Waals surface area (Å²) in [6.45, 7) is 1.93. The van der Waals surface area contributed by atoms with Gasteiger partial charge in [0.15, 0.2) is 11.6 Å². The van der Waals surface area contributed by atoms with Crippen LogP contribution in [-0.2, 0) is 0 Å². The van der Waals surface area contributed by atoms with Crippen molar-refractivity contribution in [3.8, 4) is 0 Å². The van der Waals surface area contributed by atoms with Gasteiger partial charge in [-0.1, -0.05) is 91.0 Å². The highest BCUT2D eigenvalue weighted by Gasteiger charge is 2.20. The van der Waals surface area contributed by atoms with E-state index in [2.05, 4.69) is 0 Å². The van der Waals surface area contributed by atoms with Gasteiger partial charge in [-0.25, -0.2) is 0 Å². The first-order valence-electron chi connectivity index (χ1n) is 10.0. The number of Topliss-reactive ketones (excluding diaryl/α,β-unsaturated/α-hetero) is 1. The lowest BCUT2D eigenvalue weighted by Crippen LogP contribution is -2.17. The molecular weight excluding hydrogens is 404 g/mol. The quantitative estimate of drug-likeness (QED) is 0.316. The van der Waals surface area contributed by atoms with Gasteiger partial charge in [0.05, 0.1) is 4.86 Å². The molecule has 0 fully saturated rings. The lowest BCUT2D eigenvalue weighted by atomic mass is 9.95. The van der Waals surface area contributed by atoms with Crippen LogP contribution >= 0.6 is 10.5 Å². The van der Waals surface area contributed by atoms with Gasteiger partial charge in [0, 0.05) is 23.3 Å². The number of allylic oxidation sites excluding steroid dienone is 2. The first-order chi connectivity index (χ1) is 15.0. The largest absolute Gasteiger partial charge is 0.397 e. The van der Waals surface area contributed by atoms with Crippen molar-refractivity contribution in [2.45, 2.75) is 6.92 Å². The molecule has 3 nitrogen and oxygen atoms in total. The maximum absolute atomic E-state index is 13.3. The lowest BCUT2D eigenvalue weighted by Gasteiger charge is -2.15. The number of ketones is 2. The fourth-order valence-corrected chi connectivity index (χ4v) is 4.07. The Hall–Kier alpha value is -3.08. The third kappa shape index (κ3) is 6.99. The fraction of sp³-hybridized carbons (Fsp3) is 0.148. The van der Waals surface area contributed by atoms with Gasteiger partial charge >= 0.3 is 0 Å². The molecule has 0 amide bonds. The first-order valence-corrected chi connectivity index (χ1v) is 12.1. The molecule has 3 rings (SSSR count). The van der Waals surface area contributed by atoms with Crippen LogP contribution in [0, 0.1) is 0 Å². The normalized spacial score (nSPS) is 10.8. The molecule has 4 heteroatoms. The van der Waals surface area contributed by atoms with Gasteiger partial charge in [0.25, 0.3) is 0 Å². The predicted octanol–water partition coefficient (Wildman–Crippen LogP) is 5.54. The number of aliphatic hydroxyl groups is 1. The van der Waals surface area contributed by atoms with Crippen molar-refractivity contribution in [2.24, 2.45) is 0 Å². The van der Waals surface area contributed by atoms with Gasteiger partial charge in [-0.3, -0.25) is 9.59 Å². The van der Waals surface area contributed by atoms with Crippen LogP contribution in [0.15, 0.2) is 97.1 Å². The molecule has 0 unspecified atom stereocenters. The number of hydrogen-bond donors (Lipinski definition) is 1. The van der Waals surface area contributed by atoms with Gasteiger partial charge in [-0.15, -0.1) is 0 Å². The summed E-state index contributed by atoms with van der Waals surface area (Å²) < 4.78 is 0. The molecule has 1 N–H and O–H groups in total. The van der Waals surface area contributed by atoms with Crippen molar-refractivity contribution < 1.29 is 14.7 Å². The molecular formula is C27H28O3S. The highest BCUT2D eigenvalue weighted by Crippen LogP contribution is 2.25. The zero-order chi connectivity index (χ0) is 22.6. The molecule has 0 spiro atoms. The van der Waals surface area contributed by atoms with E-state index in [-0.39, 0.29) is 28.7 Å². The van der Waals surface area contributed by atoms with Crippen LogP contribution in [0.4, 0.5) is 0 Å². The van der Waals surface area contributed by atoms with E-state index in [1.807, 2.05) is 91.4 Å². The van der Waals surface area contributed by atoms with Gasteiger partial charge in [0.1, 0.15) is 0 Å². The molecule has 0 bridgehead atoms. The minimum absolute atomic E-state index is 0.0371. The number of benzene rings is 3. The fourth-order valence-electron chi connectivity index (χ4n) is 2.96. The molecule has 0 saturated heterocycles. The van der Waals surface area contributed by atoms with Crippen molar-refractivity contribution in [1.29, 1.82) is 0 Å². The van der Waals surface area contributed by atoms with E-state index < -0.39 is 0 Å². The number of rotatable bonds is 6. The van der Waals surface area contributed by atoms with Crippen LogP contribution in [0.2, 0.25) is 0 Å². The number of aliphatic hydroxyl groups excluding tert-OH is 1. The minimum atomic E-state index is -0.341. The number of carbonyl (C=O) groups is 2. The summed E-state index contributed by atoms with van der Waals surface area (Å²) in [7, 11) is -0.341. The third-order valence-electron chi connectivity index (χ3n) is 4.31. The minimum Gasteiger partial charge on any atom is -0.397 e. The van der Waals surface area contributed by atoms with Crippen LogP contribution in [0.3, 0.4) is 0 Å². The Labute approximate surface area is 187 Å². The van der Waals surface area contributed by atoms with Crippen molar-refractivity contribution in [1.82, 2.24) is 0 Å². The Morgan fingerprint density at radius 2 is 1.13 bits per heavy atom. The van der Waals surface area contributed by atoms with Gasteiger partial charge in [-0.2, -0.15) is 10.5 Å². The van der Waals surface area contributed by atoms with Crippen molar-refractivity contribution >= 4 is 32.5 Å². The molecule has 0 heterocycles.